The maximum atomic E-state index is 9.86. The number of fused-ring (bicyclic) bond motifs is 1. The molecule has 1 aliphatic heterocycles. The van der Waals surface area contributed by atoms with Gasteiger partial charge in [-0.3, -0.25) is 4.57 Å². The third-order valence-electron chi connectivity index (χ3n) is 3.05. The topological polar surface area (TPSA) is 99.1 Å². The highest BCUT2D eigenvalue weighted by Crippen LogP contribution is 2.31. The molecule has 0 saturated carbocycles. The first-order valence-electron chi connectivity index (χ1n) is 5.53. The van der Waals surface area contributed by atoms with Crippen LogP contribution in [0, 0.1) is 0 Å². The fraction of sp³-hybridized carbons (Fsp3) is 0.500. The van der Waals surface area contributed by atoms with Gasteiger partial charge in [0, 0.05) is 10.8 Å². The number of aliphatic hydroxyl groups is 1. The molecule has 3 heterocycles. The molecule has 3 rings (SSSR count). The number of hydrogen-bond acceptors (Lipinski definition) is 6. The maximum Gasteiger partial charge on any atom is 0.167 e. The largest absolute Gasteiger partial charge is 0.390 e. The monoisotopic (exact) mass is 361 g/mol. The molecule has 0 bridgehead atoms. The zero-order valence-electron chi connectivity index (χ0n) is 9.40. The van der Waals surface area contributed by atoms with Gasteiger partial charge in [0.15, 0.2) is 11.5 Å². The number of halogens is 1. The number of nitrogens with zero attached hydrogens (tertiary/aromatic N) is 4. The lowest BCUT2D eigenvalue weighted by Gasteiger charge is -2.13. The Bertz CT molecular complexity index is 574. The Morgan fingerprint density at radius 2 is 2.33 bits per heavy atom. The number of imidazole rings is 1. The minimum Gasteiger partial charge on any atom is -0.390 e. The van der Waals surface area contributed by atoms with E-state index in [4.69, 9.17) is 10.5 Å². The SMILES string of the molecule is Nc1ncnc2c1ncn2[C@H]1CC(O)[C@@H](CI)O1. The van der Waals surface area contributed by atoms with Crippen LogP contribution in [0.3, 0.4) is 0 Å². The number of rotatable bonds is 2. The van der Waals surface area contributed by atoms with Gasteiger partial charge in [0.2, 0.25) is 0 Å². The van der Waals surface area contributed by atoms with Crippen LogP contribution in [0.2, 0.25) is 0 Å². The molecule has 3 N–H and O–H groups in total. The van der Waals surface area contributed by atoms with Gasteiger partial charge in [-0.1, -0.05) is 22.6 Å². The van der Waals surface area contributed by atoms with E-state index in [-0.39, 0.29) is 12.3 Å². The molecule has 0 spiro atoms. The molecule has 2 aromatic rings. The third kappa shape index (κ3) is 1.84. The molecule has 0 aromatic carbocycles. The summed E-state index contributed by atoms with van der Waals surface area (Å²) in [4.78, 5) is 12.2. The van der Waals surface area contributed by atoms with E-state index in [9.17, 15) is 5.11 Å². The van der Waals surface area contributed by atoms with Crippen LogP contribution in [-0.2, 0) is 4.74 Å². The van der Waals surface area contributed by atoms with Crippen LogP contribution >= 0.6 is 22.6 Å². The number of aromatic nitrogens is 4. The predicted molar refractivity (Wildman–Crippen MR) is 73.2 cm³/mol. The minimum absolute atomic E-state index is 0.146. The molecule has 1 unspecified atom stereocenters. The Morgan fingerprint density at radius 1 is 1.50 bits per heavy atom. The molecular weight excluding hydrogens is 349 g/mol. The summed E-state index contributed by atoms with van der Waals surface area (Å²) in [6.07, 6.45) is 2.71. The van der Waals surface area contributed by atoms with Crippen LogP contribution in [0.5, 0.6) is 0 Å². The second-order valence-corrected chi connectivity index (χ2v) is 5.05. The van der Waals surface area contributed by atoms with Crippen molar-refractivity contribution < 1.29 is 9.84 Å². The number of nitrogen functional groups attached to an aromatic ring is 1. The van der Waals surface area contributed by atoms with Gasteiger partial charge in [-0.15, -0.1) is 0 Å². The number of alkyl halides is 1. The Morgan fingerprint density at radius 3 is 3.06 bits per heavy atom. The summed E-state index contributed by atoms with van der Waals surface area (Å²) in [6, 6.07) is 0. The Labute approximate surface area is 117 Å². The lowest BCUT2D eigenvalue weighted by molar-refractivity contribution is -0.00221. The van der Waals surface area contributed by atoms with Crippen molar-refractivity contribution in [2.45, 2.75) is 24.9 Å². The highest BCUT2D eigenvalue weighted by Gasteiger charge is 2.35. The quantitative estimate of drug-likeness (QED) is 0.597. The molecule has 0 amide bonds. The van der Waals surface area contributed by atoms with E-state index in [1.165, 1.54) is 6.33 Å². The summed E-state index contributed by atoms with van der Waals surface area (Å²) in [6.45, 7) is 0. The van der Waals surface area contributed by atoms with E-state index in [1.807, 2.05) is 0 Å². The number of aliphatic hydroxyl groups excluding tert-OH is 1. The Kier molecular flexibility index (Phi) is 3.08. The first-order chi connectivity index (χ1) is 8.70. The first-order valence-corrected chi connectivity index (χ1v) is 7.05. The van der Waals surface area contributed by atoms with E-state index < -0.39 is 6.10 Å². The zero-order valence-corrected chi connectivity index (χ0v) is 11.6. The Balaban J connectivity index is 1.99. The third-order valence-corrected chi connectivity index (χ3v) is 3.92. The van der Waals surface area contributed by atoms with Crippen LogP contribution in [0.15, 0.2) is 12.7 Å². The molecule has 3 atom stereocenters. The highest BCUT2D eigenvalue weighted by atomic mass is 127. The lowest BCUT2D eigenvalue weighted by Crippen LogP contribution is -2.21. The van der Waals surface area contributed by atoms with E-state index in [0.717, 1.165) is 4.43 Å². The van der Waals surface area contributed by atoms with Crippen molar-refractivity contribution >= 4 is 39.6 Å². The summed E-state index contributed by atoms with van der Waals surface area (Å²) in [7, 11) is 0. The van der Waals surface area contributed by atoms with Gasteiger partial charge in [-0.2, -0.15) is 0 Å². The molecule has 0 radical (unpaired) electrons. The molecule has 1 saturated heterocycles. The van der Waals surface area contributed by atoms with E-state index in [2.05, 4.69) is 37.5 Å². The molecular formula is C10H12IN5O2. The first kappa shape index (κ1) is 12.1. The predicted octanol–water partition coefficient (Wildman–Crippen LogP) is 0.492. The summed E-state index contributed by atoms with van der Waals surface area (Å²) >= 11 is 2.20. The van der Waals surface area contributed by atoms with Gasteiger partial charge in [-0.05, 0) is 0 Å². The van der Waals surface area contributed by atoms with Gasteiger partial charge in [0.25, 0.3) is 0 Å². The summed E-state index contributed by atoms with van der Waals surface area (Å²) < 4.78 is 8.32. The van der Waals surface area contributed by atoms with Crippen molar-refractivity contribution in [3.05, 3.63) is 12.7 Å². The molecule has 1 aliphatic rings. The lowest BCUT2D eigenvalue weighted by atomic mass is 10.2. The average Bonchev–Trinajstić information content (AvgIpc) is 2.93. The number of nitrogens with two attached hydrogens (primary N) is 1. The minimum atomic E-state index is -0.455. The normalized spacial score (nSPS) is 28.0. The van der Waals surface area contributed by atoms with Crippen LogP contribution in [0.1, 0.15) is 12.6 Å². The molecule has 96 valence electrons. The van der Waals surface area contributed by atoms with Crippen molar-refractivity contribution in [1.82, 2.24) is 19.5 Å². The fourth-order valence-electron chi connectivity index (χ4n) is 2.11. The zero-order chi connectivity index (χ0) is 12.7. The van der Waals surface area contributed by atoms with Crippen molar-refractivity contribution in [3.8, 4) is 0 Å². The van der Waals surface area contributed by atoms with Crippen LogP contribution in [0.25, 0.3) is 11.2 Å². The van der Waals surface area contributed by atoms with Gasteiger partial charge in [0.1, 0.15) is 18.1 Å². The van der Waals surface area contributed by atoms with E-state index >= 15 is 0 Å². The molecule has 0 aliphatic carbocycles. The number of hydrogen-bond donors (Lipinski definition) is 2. The molecule has 2 aromatic heterocycles. The van der Waals surface area contributed by atoms with Crippen molar-refractivity contribution in [2.24, 2.45) is 0 Å². The van der Waals surface area contributed by atoms with Crippen LogP contribution in [0.4, 0.5) is 5.82 Å². The number of anilines is 1. The molecule has 18 heavy (non-hydrogen) atoms. The van der Waals surface area contributed by atoms with Gasteiger partial charge in [0.05, 0.1) is 18.5 Å². The average molecular weight is 361 g/mol. The fourth-order valence-corrected chi connectivity index (χ4v) is 2.90. The molecule has 7 nitrogen and oxygen atoms in total. The van der Waals surface area contributed by atoms with Gasteiger partial charge >= 0.3 is 0 Å². The van der Waals surface area contributed by atoms with E-state index in [1.54, 1.807) is 10.9 Å². The Hall–Kier alpha value is -1.00. The summed E-state index contributed by atoms with van der Waals surface area (Å²) in [5, 5.41) is 9.86. The van der Waals surface area contributed by atoms with Gasteiger partial charge < -0.3 is 15.6 Å². The van der Waals surface area contributed by atoms with Crippen molar-refractivity contribution in [1.29, 1.82) is 0 Å². The maximum absolute atomic E-state index is 9.86. The van der Waals surface area contributed by atoms with Crippen molar-refractivity contribution in [2.75, 3.05) is 10.2 Å². The summed E-state index contributed by atoms with van der Waals surface area (Å²) in [5.41, 5.74) is 6.93. The second-order valence-electron chi connectivity index (χ2n) is 4.17. The summed E-state index contributed by atoms with van der Waals surface area (Å²) in [5.74, 6) is 0.350. The van der Waals surface area contributed by atoms with Crippen LogP contribution in [-0.4, -0.2) is 41.3 Å². The standard InChI is InChI=1S/C10H12IN5O2/c11-2-6-5(17)1-7(18-6)16-4-15-8-9(12)13-3-14-10(8)16/h3-7,17H,1-2H2,(H2,12,13,14)/t5?,6-,7-/m1/s1. The van der Waals surface area contributed by atoms with Gasteiger partial charge in [-0.25, -0.2) is 15.0 Å². The van der Waals surface area contributed by atoms with Crippen LogP contribution < -0.4 is 5.73 Å². The van der Waals surface area contributed by atoms with E-state index in [0.29, 0.717) is 23.4 Å². The highest BCUT2D eigenvalue weighted by molar-refractivity contribution is 14.1. The van der Waals surface area contributed by atoms with Crippen molar-refractivity contribution in [3.63, 3.8) is 0 Å². The smallest absolute Gasteiger partial charge is 0.167 e. The number of ether oxygens (including phenoxy) is 1. The molecule has 8 heteroatoms. The molecule has 1 fully saturated rings. The second kappa shape index (κ2) is 4.59.